The van der Waals surface area contributed by atoms with Gasteiger partial charge in [0.25, 0.3) is 0 Å². The van der Waals surface area contributed by atoms with Crippen LogP contribution < -0.4 is 15.5 Å². The van der Waals surface area contributed by atoms with Crippen LogP contribution in [0.25, 0.3) is 0 Å². The molecule has 0 radical (unpaired) electrons. The van der Waals surface area contributed by atoms with Crippen LogP contribution in [0.3, 0.4) is 0 Å². The summed E-state index contributed by atoms with van der Waals surface area (Å²) < 4.78 is 5.24. The molecule has 0 aromatic carbocycles. The van der Waals surface area contributed by atoms with Crippen molar-refractivity contribution < 1.29 is 19.1 Å². The summed E-state index contributed by atoms with van der Waals surface area (Å²) >= 11 is 0. The number of nitrogens with zero attached hydrogens (tertiary/aromatic N) is 4. The minimum absolute atomic E-state index is 0.0584. The second-order valence-electron chi connectivity index (χ2n) is 9.81. The SMILES string of the molecule is C#CCNc1ccc(NCC#C)c(N2CCN(C(=O)C3CCCN3C(=O)C3(C(=O)OCC)CCC3)CC2)n1. The van der Waals surface area contributed by atoms with Crippen molar-refractivity contribution in [1.29, 1.82) is 0 Å². The molecule has 10 nitrogen and oxygen atoms in total. The van der Waals surface area contributed by atoms with E-state index in [0.29, 0.717) is 70.9 Å². The van der Waals surface area contributed by atoms with Crippen molar-refractivity contribution in [3.63, 3.8) is 0 Å². The highest BCUT2D eigenvalue weighted by Crippen LogP contribution is 2.45. The van der Waals surface area contributed by atoms with Crippen LogP contribution in [0.1, 0.15) is 39.0 Å². The van der Waals surface area contributed by atoms with E-state index in [2.05, 4.69) is 27.4 Å². The zero-order valence-electron chi connectivity index (χ0n) is 22.0. The summed E-state index contributed by atoms with van der Waals surface area (Å²) in [4.78, 5) is 50.1. The topological polar surface area (TPSA) is 107 Å². The molecule has 1 saturated carbocycles. The van der Waals surface area contributed by atoms with E-state index in [0.717, 1.165) is 24.3 Å². The Hall–Kier alpha value is -3.92. The van der Waals surface area contributed by atoms with Crippen molar-refractivity contribution >= 4 is 35.1 Å². The number of hydrogen-bond acceptors (Lipinski definition) is 8. The predicted octanol–water partition coefficient (Wildman–Crippen LogP) is 1.54. The highest BCUT2D eigenvalue weighted by Gasteiger charge is 2.56. The lowest BCUT2D eigenvalue weighted by Gasteiger charge is -2.42. The summed E-state index contributed by atoms with van der Waals surface area (Å²) in [5, 5.41) is 6.31. The van der Waals surface area contributed by atoms with E-state index in [1.807, 2.05) is 17.0 Å². The van der Waals surface area contributed by atoms with Crippen LogP contribution in [0.4, 0.5) is 17.3 Å². The molecule has 1 aliphatic carbocycles. The first-order valence-corrected chi connectivity index (χ1v) is 13.3. The van der Waals surface area contributed by atoms with E-state index in [1.165, 1.54) is 0 Å². The highest BCUT2D eigenvalue weighted by atomic mass is 16.5. The van der Waals surface area contributed by atoms with Crippen LogP contribution in [-0.2, 0) is 19.1 Å². The molecule has 2 amide bonds. The molecule has 10 heteroatoms. The van der Waals surface area contributed by atoms with E-state index in [-0.39, 0.29) is 18.4 Å². The van der Waals surface area contributed by atoms with E-state index >= 15 is 0 Å². The van der Waals surface area contributed by atoms with E-state index in [4.69, 9.17) is 22.6 Å². The van der Waals surface area contributed by atoms with Gasteiger partial charge in [-0.1, -0.05) is 18.3 Å². The van der Waals surface area contributed by atoms with Gasteiger partial charge in [0.1, 0.15) is 17.3 Å². The van der Waals surface area contributed by atoms with E-state index in [1.54, 1.807) is 11.8 Å². The van der Waals surface area contributed by atoms with Crippen molar-refractivity contribution in [3.8, 4) is 24.7 Å². The molecule has 0 bridgehead atoms. The lowest BCUT2D eigenvalue weighted by atomic mass is 9.67. The normalized spacial score (nSPS) is 20.1. The van der Waals surface area contributed by atoms with Gasteiger partial charge in [-0.15, -0.1) is 12.8 Å². The second kappa shape index (κ2) is 12.1. The van der Waals surface area contributed by atoms with Crippen molar-refractivity contribution in [2.45, 2.75) is 45.1 Å². The molecular weight excluding hydrogens is 484 g/mol. The molecule has 38 heavy (non-hydrogen) atoms. The lowest BCUT2D eigenvalue weighted by Crippen LogP contribution is -2.59. The van der Waals surface area contributed by atoms with Crippen LogP contribution in [0.2, 0.25) is 0 Å². The molecule has 3 heterocycles. The van der Waals surface area contributed by atoms with Crippen LogP contribution in [0, 0.1) is 30.1 Å². The number of nitrogens with one attached hydrogen (secondary N) is 2. The van der Waals surface area contributed by atoms with Gasteiger partial charge >= 0.3 is 5.97 Å². The number of hydrogen-bond donors (Lipinski definition) is 2. The van der Waals surface area contributed by atoms with Crippen molar-refractivity contribution in [1.82, 2.24) is 14.8 Å². The molecule has 2 aliphatic heterocycles. The van der Waals surface area contributed by atoms with Crippen molar-refractivity contribution in [2.75, 3.05) is 68.0 Å². The molecule has 2 saturated heterocycles. The fourth-order valence-corrected chi connectivity index (χ4v) is 5.41. The summed E-state index contributed by atoms with van der Waals surface area (Å²) in [7, 11) is 0. The molecule has 1 unspecified atom stereocenters. The molecule has 1 aromatic heterocycles. The number of piperazine rings is 1. The van der Waals surface area contributed by atoms with Gasteiger partial charge in [-0.3, -0.25) is 14.4 Å². The van der Waals surface area contributed by atoms with Crippen LogP contribution in [0.15, 0.2) is 12.1 Å². The number of esters is 1. The smallest absolute Gasteiger partial charge is 0.321 e. The first kappa shape index (κ1) is 27.1. The Morgan fingerprint density at radius 1 is 1.05 bits per heavy atom. The quantitative estimate of drug-likeness (QED) is 0.287. The molecule has 3 aliphatic rings. The fourth-order valence-electron chi connectivity index (χ4n) is 5.41. The Kier molecular flexibility index (Phi) is 8.62. The maximum absolute atomic E-state index is 13.6. The maximum atomic E-state index is 13.6. The predicted molar refractivity (Wildman–Crippen MR) is 145 cm³/mol. The summed E-state index contributed by atoms with van der Waals surface area (Å²) in [6.45, 7) is 5.34. The van der Waals surface area contributed by atoms with Gasteiger partial charge in [-0.2, -0.15) is 0 Å². The van der Waals surface area contributed by atoms with Crippen molar-refractivity contribution in [3.05, 3.63) is 12.1 Å². The number of terminal acetylenes is 2. The summed E-state index contributed by atoms with van der Waals surface area (Å²) in [6, 6.07) is 3.22. The molecular formula is C28H36N6O4. The molecule has 3 fully saturated rings. The highest BCUT2D eigenvalue weighted by molar-refractivity contribution is 6.05. The number of pyridine rings is 1. The number of aromatic nitrogens is 1. The fraction of sp³-hybridized carbons (Fsp3) is 0.571. The average molecular weight is 521 g/mol. The standard InChI is InChI=1S/C28H36N6O4/c1-4-14-29-21-10-11-23(30-15-5-2)31-24(21)32-17-19-33(20-18-32)25(35)22-9-7-16-34(22)26(36)28(12-8-13-28)27(37)38-6-3/h1-2,10-11,22,29H,6-9,12-20H2,3H3,(H,30,31). The largest absolute Gasteiger partial charge is 0.465 e. The van der Waals surface area contributed by atoms with E-state index < -0.39 is 17.4 Å². The molecule has 1 atom stereocenters. The Balaban J connectivity index is 1.43. The number of amides is 2. The lowest BCUT2D eigenvalue weighted by molar-refractivity contribution is -0.173. The minimum Gasteiger partial charge on any atom is -0.465 e. The van der Waals surface area contributed by atoms with E-state index in [9.17, 15) is 14.4 Å². The Morgan fingerprint density at radius 2 is 1.76 bits per heavy atom. The third-order valence-corrected chi connectivity index (χ3v) is 7.60. The zero-order valence-corrected chi connectivity index (χ0v) is 22.0. The first-order valence-electron chi connectivity index (χ1n) is 13.3. The van der Waals surface area contributed by atoms with Gasteiger partial charge in [-0.25, -0.2) is 4.98 Å². The van der Waals surface area contributed by atoms with Gasteiger partial charge < -0.3 is 30.1 Å². The minimum atomic E-state index is -1.12. The first-order chi connectivity index (χ1) is 18.4. The van der Waals surface area contributed by atoms with Gasteiger partial charge in [0.2, 0.25) is 11.8 Å². The monoisotopic (exact) mass is 520 g/mol. The average Bonchev–Trinajstić information content (AvgIpc) is 3.40. The Bertz CT molecular complexity index is 1130. The number of anilines is 3. The van der Waals surface area contributed by atoms with Gasteiger partial charge in [0.15, 0.2) is 5.82 Å². The molecule has 2 N–H and O–H groups in total. The summed E-state index contributed by atoms with van der Waals surface area (Å²) in [6.07, 6.45) is 13.9. The van der Waals surface area contributed by atoms with Gasteiger partial charge in [0, 0.05) is 32.7 Å². The number of carbonyl (C=O) groups is 3. The Labute approximate surface area is 224 Å². The second-order valence-corrected chi connectivity index (χ2v) is 9.81. The summed E-state index contributed by atoms with van der Waals surface area (Å²) in [5.74, 6) is 5.77. The number of likely N-dealkylation sites (tertiary alicyclic amines) is 1. The number of ether oxygens (including phenoxy) is 1. The third kappa shape index (κ3) is 5.35. The molecule has 0 spiro atoms. The van der Waals surface area contributed by atoms with Crippen LogP contribution in [0.5, 0.6) is 0 Å². The van der Waals surface area contributed by atoms with Crippen molar-refractivity contribution in [2.24, 2.45) is 5.41 Å². The maximum Gasteiger partial charge on any atom is 0.321 e. The molecule has 202 valence electrons. The molecule has 1 aromatic rings. The van der Waals surface area contributed by atoms with Crippen LogP contribution in [-0.4, -0.2) is 91.0 Å². The number of rotatable bonds is 9. The zero-order chi connectivity index (χ0) is 27.1. The van der Waals surface area contributed by atoms with Gasteiger partial charge in [-0.05, 0) is 44.7 Å². The van der Waals surface area contributed by atoms with Crippen LogP contribution >= 0.6 is 0 Å². The summed E-state index contributed by atoms with van der Waals surface area (Å²) in [5.41, 5.74) is -0.310. The Morgan fingerprint density at radius 3 is 2.39 bits per heavy atom. The molecule has 4 rings (SSSR count). The number of carbonyl (C=O) groups excluding carboxylic acids is 3. The van der Waals surface area contributed by atoms with Gasteiger partial charge in [0.05, 0.1) is 25.4 Å². The third-order valence-electron chi connectivity index (χ3n) is 7.60.